The summed E-state index contributed by atoms with van der Waals surface area (Å²) in [6.07, 6.45) is 1.79. The van der Waals surface area contributed by atoms with E-state index in [0.717, 1.165) is 5.56 Å². The quantitative estimate of drug-likeness (QED) is 0.479. The first-order valence-corrected chi connectivity index (χ1v) is 3.62. The number of carboxylic acid groups (broad SMARTS) is 1. The van der Waals surface area contributed by atoms with Gasteiger partial charge in [-0.1, -0.05) is 6.07 Å². The summed E-state index contributed by atoms with van der Waals surface area (Å²) in [5, 5.41) is 13.5. The lowest BCUT2D eigenvalue weighted by Gasteiger charge is -2.02. The Labute approximate surface area is 80.6 Å². The van der Waals surface area contributed by atoms with Crippen LogP contribution in [-0.4, -0.2) is 22.3 Å². The van der Waals surface area contributed by atoms with E-state index in [9.17, 15) is 9.90 Å². The Morgan fingerprint density at radius 1 is 1.64 bits per heavy atom. The van der Waals surface area contributed by atoms with E-state index in [1.54, 1.807) is 31.5 Å². The maximum Gasteiger partial charge on any atom is 0.155 e. The number of carbonyl (C=O) groups is 1. The van der Waals surface area contributed by atoms with Gasteiger partial charge in [-0.15, -0.1) is 0 Å². The molecule has 0 aliphatic rings. The smallest absolute Gasteiger partial charge is 0.155 e. The van der Waals surface area contributed by atoms with Crippen LogP contribution in [0.5, 0.6) is 0 Å². The van der Waals surface area contributed by atoms with Crippen molar-refractivity contribution in [2.24, 2.45) is 5.10 Å². The van der Waals surface area contributed by atoms with Crippen molar-refractivity contribution in [3.05, 3.63) is 30.1 Å². The topological polar surface area (TPSA) is 109 Å². The third-order valence-electron chi connectivity index (χ3n) is 1.39. The highest BCUT2D eigenvalue weighted by Crippen LogP contribution is 1.96. The molecule has 1 aromatic heterocycles. The summed E-state index contributed by atoms with van der Waals surface area (Å²) in [4.78, 5) is 13.9. The molecule has 14 heavy (non-hydrogen) atoms. The molecule has 1 aromatic rings. The van der Waals surface area contributed by atoms with Crippen molar-refractivity contribution < 1.29 is 15.4 Å². The molecule has 1 rings (SSSR count). The molecule has 0 spiro atoms. The minimum absolute atomic E-state index is 0. The normalized spacial score (nSPS) is 10.2. The molecule has 0 radical (unpaired) electrons. The maximum atomic E-state index is 9.99. The zero-order valence-corrected chi connectivity index (χ0v) is 7.52. The van der Waals surface area contributed by atoms with E-state index in [0.29, 0.717) is 5.71 Å². The first kappa shape index (κ1) is 12.0. The summed E-state index contributed by atoms with van der Waals surface area (Å²) in [5.41, 5.74) is 3.11. The van der Waals surface area contributed by atoms with Crippen LogP contribution in [0, 0.1) is 0 Å². The first-order valence-electron chi connectivity index (χ1n) is 3.62. The zero-order valence-electron chi connectivity index (χ0n) is 7.52. The predicted molar refractivity (Wildman–Crippen MR) is 48.6 cm³/mol. The van der Waals surface area contributed by atoms with Crippen molar-refractivity contribution in [1.29, 1.82) is 0 Å². The molecule has 0 saturated carbocycles. The fourth-order valence-electron chi connectivity index (χ4n) is 0.771. The molecular weight excluding hydrogens is 186 g/mol. The molecule has 0 aliphatic carbocycles. The van der Waals surface area contributed by atoms with Crippen LogP contribution in [-0.2, 0) is 0 Å². The minimum atomic E-state index is -1.43. The molecule has 6 heteroatoms. The van der Waals surface area contributed by atoms with E-state index in [1.165, 1.54) is 0 Å². The number of hydrogen-bond acceptors (Lipinski definition) is 4. The maximum absolute atomic E-state index is 9.99. The van der Waals surface area contributed by atoms with Gasteiger partial charge >= 0.3 is 0 Å². The summed E-state index contributed by atoms with van der Waals surface area (Å²) >= 11 is 0. The summed E-state index contributed by atoms with van der Waals surface area (Å²) in [7, 11) is 0. The molecule has 0 unspecified atom stereocenters. The first-order chi connectivity index (χ1) is 6.20. The molecule has 3 N–H and O–H groups in total. The SMILES string of the molecule is C/C(=N/NC(=O)[O-])c1cccnc1.O. The number of pyridine rings is 1. The fraction of sp³-hybridized carbons (Fsp3) is 0.125. The van der Waals surface area contributed by atoms with Gasteiger partial charge in [-0.2, -0.15) is 5.10 Å². The van der Waals surface area contributed by atoms with Crippen molar-refractivity contribution in [2.75, 3.05) is 0 Å². The summed E-state index contributed by atoms with van der Waals surface area (Å²) in [6, 6.07) is 3.52. The summed E-state index contributed by atoms with van der Waals surface area (Å²) in [6.45, 7) is 1.67. The molecule has 6 nitrogen and oxygen atoms in total. The summed E-state index contributed by atoms with van der Waals surface area (Å²) < 4.78 is 0. The van der Waals surface area contributed by atoms with Crippen molar-refractivity contribution in [3.63, 3.8) is 0 Å². The van der Waals surface area contributed by atoms with Crippen LogP contribution in [0.25, 0.3) is 0 Å². The van der Waals surface area contributed by atoms with Gasteiger partial charge in [0.15, 0.2) is 6.09 Å². The van der Waals surface area contributed by atoms with E-state index < -0.39 is 6.09 Å². The molecule has 0 aliphatic heterocycles. The van der Waals surface area contributed by atoms with Crippen LogP contribution >= 0.6 is 0 Å². The van der Waals surface area contributed by atoms with Gasteiger partial charge in [0.1, 0.15) is 0 Å². The number of amides is 1. The number of hydrazone groups is 1. The molecule has 0 bridgehead atoms. The van der Waals surface area contributed by atoms with E-state index >= 15 is 0 Å². The van der Waals surface area contributed by atoms with E-state index in [2.05, 4.69) is 10.1 Å². The Balaban J connectivity index is 0.00000169. The van der Waals surface area contributed by atoms with Gasteiger partial charge in [0, 0.05) is 18.0 Å². The molecule has 76 valence electrons. The second kappa shape index (κ2) is 5.65. The molecule has 0 atom stereocenters. The second-order valence-corrected chi connectivity index (χ2v) is 2.34. The van der Waals surface area contributed by atoms with Gasteiger partial charge in [-0.25, -0.2) is 0 Å². The fourth-order valence-corrected chi connectivity index (χ4v) is 0.771. The zero-order chi connectivity index (χ0) is 9.68. The van der Waals surface area contributed by atoms with Gasteiger partial charge < -0.3 is 15.4 Å². The highest BCUT2D eigenvalue weighted by molar-refractivity contribution is 5.98. The van der Waals surface area contributed by atoms with Crippen molar-refractivity contribution in [2.45, 2.75) is 6.92 Å². The Kier molecular flexibility index (Phi) is 4.87. The lowest BCUT2D eigenvalue weighted by Crippen LogP contribution is -2.33. The Morgan fingerprint density at radius 3 is 2.86 bits per heavy atom. The van der Waals surface area contributed by atoms with Crippen molar-refractivity contribution >= 4 is 11.8 Å². The molecule has 1 amide bonds. The number of aromatic nitrogens is 1. The van der Waals surface area contributed by atoms with E-state index in [-0.39, 0.29) is 5.48 Å². The van der Waals surface area contributed by atoms with Crippen LogP contribution < -0.4 is 10.5 Å². The third kappa shape index (κ3) is 3.63. The van der Waals surface area contributed by atoms with Gasteiger partial charge in [-0.3, -0.25) is 10.4 Å². The molecule has 0 saturated heterocycles. The third-order valence-corrected chi connectivity index (χ3v) is 1.39. The molecule has 0 aromatic carbocycles. The van der Waals surface area contributed by atoms with Crippen LogP contribution in [0.3, 0.4) is 0 Å². The highest BCUT2D eigenvalue weighted by Gasteiger charge is 1.94. The van der Waals surface area contributed by atoms with Gasteiger partial charge in [-0.05, 0) is 13.0 Å². The minimum Gasteiger partial charge on any atom is -0.529 e. The van der Waals surface area contributed by atoms with Crippen LogP contribution in [0.2, 0.25) is 0 Å². The van der Waals surface area contributed by atoms with Crippen LogP contribution in [0.4, 0.5) is 4.79 Å². The van der Waals surface area contributed by atoms with Crippen LogP contribution in [0.15, 0.2) is 29.6 Å². The van der Waals surface area contributed by atoms with Gasteiger partial charge in [0.2, 0.25) is 0 Å². The summed E-state index contributed by atoms with van der Waals surface area (Å²) in [5.74, 6) is 0. The van der Waals surface area contributed by atoms with E-state index in [1.807, 2.05) is 5.43 Å². The monoisotopic (exact) mass is 196 g/mol. The number of nitrogens with zero attached hydrogens (tertiary/aromatic N) is 2. The van der Waals surface area contributed by atoms with Gasteiger partial charge in [0.05, 0.1) is 5.71 Å². The highest BCUT2D eigenvalue weighted by atomic mass is 16.4. The molecular formula is C8H10N3O3-. The average molecular weight is 196 g/mol. The Morgan fingerprint density at radius 2 is 2.36 bits per heavy atom. The molecule has 1 heterocycles. The largest absolute Gasteiger partial charge is 0.529 e. The van der Waals surface area contributed by atoms with Crippen molar-refractivity contribution in [1.82, 2.24) is 10.4 Å². The average Bonchev–Trinajstić information content (AvgIpc) is 2.15. The van der Waals surface area contributed by atoms with Crippen molar-refractivity contribution in [3.8, 4) is 0 Å². The lowest BCUT2D eigenvalue weighted by molar-refractivity contribution is -0.250. The predicted octanol–water partition coefficient (Wildman–Crippen LogP) is -1.09. The number of carbonyl (C=O) groups excluding carboxylic acids is 1. The Bertz CT molecular complexity index is 324. The number of nitrogens with one attached hydrogen (secondary N) is 1. The lowest BCUT2D eigenvalue weighted by atomic mass is 10.2. The number of hydrogen-bond donors (Lipinski definition) is 1. The van der Waals surface area contributed by atoms with Crippen LogP contribution in [0.1, 0.15) is 12.5 Å². The van der Waals surface area contributed by atoms with E-state index in [4.69, 9.17) is 0 Å². The number of rotatable bonds is 2. The Hall–Kier alpha value is -1.95. The second-order valence-electron chi connectivity index (χ2n) is 2.34. The molecule has 0 fully saturated rings. The standard InChI is InChI=1S/C8H9N3O2.H2O/c1-6(10-11-8(12)13)7-3-2-4-9-5-7;/h2-5,11H,1H3,(H,12,13);1H2/p-1/b10-6-;. The van der Waals surface area contributed by atoms with Gasteiger partial charge in [0.25, 0.3) is 0 Å².